The number of quaternary nitrogens is 1. The van der Waals surface area contributed by atoms with E-state index in [1.807, 2.05) is 0 Å². The summed E-state index contributed by atoms with van der Waals surface area (Å²) in [5.41, 5.74) is 2.00. The lowest BCUT2D eigenvalue weighted by Crippen LogP contribution is -2.96. The highest BCUT2D eigenvalue weighted by Gasteiger charge is 2.51. The van der Waals surface area contributed by atoms with Crippen LogP contribution in [0.4, 0.5) is 0 Å². The van der Waals surface area contributed by atoms with Gasteiger partial charge in [0.2, 0.25) is 0 Å². The molecule has 0 radical (unpaired) electrons. The minimum absolute atomic E-state index is 0.396. The number of hydrogen-bond acceptors (Lipinski definition) is 0. The summed E-state index contributed by atoms with van der Waals surface area (Å²) in [5, 5.41) is 2.31. The van der Waals surface area contributed by atoms with Crippen LogP contribution in [0.2, 0.25) is 0 Å². The molecule has 0 bridgehead atoms. The summed E-state index contributed by atoms with van der Waals surface area (Å²) in [7, 11) is 4.20. The lowest BCUT2D eigenvalue weighted by Gasteiger charge is -2.53. The van der Waals surface area contributed by atoms with Crippen LogP contribution in [0.1, 0.15) is 53.4 Å². The van der Waals surface area contributed by atoms with Crippen molar-refractivity contribution in [1.29, 1.82) is 0 Å². The highest BCUT2D eigenvalue weighted by atomic mass is 15.0. The van der Waals surface area contributed by atoms with Crippen molar-refractivity contribution in [2.24, 2.45) is 23.7 Å². The zero-order valence-electron chi connectivity index (χ0n) is 12.0. The van der Waals surface area contributed by atoms with Crippen molar-refractivity contribution in [3.05, 3.63) is 18.7 Å². The van der Waals surface area contributed by atoms with Gasteiger partial charge in [0.25, 0.3) is 0 Å². The monoisotopic (exact) mass is 235 g/mol. The Kier molecular flexibility index (Phi) is 3.68. The lowest BCUT2D eigenvalue weighted by molar-refractivity contribution is -0.698. The Bertz CT molecular complexity index is 305. The standard InChI is InChI=1S/C16H29N/c1-11(2)14-7-6-13(4)16(17-5)9-8-12(3)10-15(14)16/h10-11,13-15H,5-9,17H2,1-4H3/t13-,14?,15+,16-/m1/s1. The van der Waals surface area contributed by atoms with Crippen molar-refractivity contribution >= 4 is 0 Å². The van der Waals surface area contributed by atoms with E-state index in [4.69, 9.17) is 0 Å². The van der Waals surface area contributed by atoms with Gasteiger partial charge in [-0.15, -0.1) is 0 Å². The van der Waals surface area contributed by atoms with Gasteiger partial charge in [0, 0.05) is 18.3 Å². The molecule has 0 aromatic heterocycles. The second-order valence-electron chi connectivity index (χ2n) is 6.74. The van der Waals surface area contributed by atoms with E-state index in [0.29, 0.717) is 5.54 Å². The quantitative estimate of drug-likeness (QED) is 0.559. The summed E-state index contributed by atoms with van der Waals surface area (Å²) in [6, 6.07) is 0. The highest BCUT2D eigenvalue weighted by Crippen LogP contribution is 2.48. The Balaban J connectivity index is 2.37. The third-order valence-electron chi connectivity index (χ3n) is 5.59. The van der Waals surface area contributed by atoms with E-state index in [2.05, 4.69) is 46.1 Å². The Morgan fingerprint density at radius 3 is 2.71 bits per heavy atom. The number of nitrogens with two attached hydrogens (primary N) is 1. The van der Waals surface area contributed by atoms with Gasteiger partial charge in [-0.2, -0.15) is 7.05 Å². The first-order valence-electron chi connectivity index (χ1n) is 7.32. The Morgan fingerprint density at radius 2 is 2.12 bits per heavy atom. The zero-order chi connectivity index (χ0) is 12.6. The van der Waals surface area contributed by atoms with Crippen LogP contribution in [0.25, 0.3) is 0 Å². The summed E-state index contributed by atoms with van der Waals surface area (Å²) >= 11 is 0. The van der Waals surface area contributed by atoms with E-state index in [1.165, 1.54) is 25.7 Å². The molecule has 0 aromatic carbocycles. The number of fused-ring (bicyclic) bond motifs is 1. The topological polar surface area (TPSA) is 16.6 Å². The van der Waals surface area contributed by atoms with Gasteiger partial charge in [0.15, 0.2) is 0 Å². The molecule has 0 saturated heterocycles. The maximum atomic E-state index is 4.20. The molecule has 0 spiro atoms. The first kappa shape index (κ1) is 13.1. The third kappa shape index (κ3) is 2.07. The van der Waals surface area contributed by atoms with Crippen LogP contribution in [0.3, 0.4) is 0 Å². The van der Waals surface area contributed by atoms with Crippen molar-refractivity contribution in [3.8, 4) is 0 Å². The molecule has 1 nitrogen and oxygen atoms in total. The molecule has 0 aliphatic heterocycles. The van der Waals surface area contributed by atoms with Gasteiger partial charge in [-0.25, -0.2) is 0 Å². The molecule has 4 atom stereocenters. The minimum Gasteiger partial charge on any atom is -0.473 e. The molecule has 2 rings (SSSR count). The molecule has 1 fully saturated rings. The van der Waals surface area contributed by atoms with E-state index >= 15 is 0 Å². The molecule has 1 unspecified atom stereocenters. The zero-order valence-corrected chi connectivity index (χ0v) is 12.0. The van der Waals surface area contributed by atoms with E-state index < -0.39 is 0 Å². The van der Waals surface area contributed by atoms with Gasteiger partial charge in [0.05, 0.1) is 5.54 Å². The fourth-order valence-corrected chi connectivity index (χ4v) is 4.30. The maximum Gasteiger partial charge on any atom is 0.0818 e. The molecular formula is C16H29N. The van der Waals surface area contributed by atoms with E-state index in [1.54, 1.807) is 5.57 Å². The predicted molar refractivity (Wildman–Crippen MR) is 73.2 cm³/mol. The molecule has 0 heterocycles. The average molecular weight is 235 g/mol. The summed E-state index contributed by atoms with van der Waals surface area (Å²) in [5.74, 6) is 3.22. The Hall–Kier alpha value is -0.300. The normalized spacial score (nSPS) is 42.2. The number of rotatable bonds is 2. The Labute approximate surface area is 107 Å². The minimum atomic E-state index is 0.396. The van der Waals surface area contributed by atoms with Gasteiger partial charge in [-0.1, -0.05) is 32.4 Å². The third-order valence-corrected chi connectivity index (χ3v) is 5.59. The fourth-order valence-electron chi connectivity index (χ4n) is 4.30. The van der Waals surface area contributed by atoms with Crippen LogP contribution in [0.15, 0.2) is 11.6 Å². The van der Waals surface area contributed by atoms with Crippen LogP contribution in [0.5, 0.6) is 0 Å². The molecule has 2 aliphatic rings. The van der Waals surface area contributed by atoms with E-state index in [9.17, 15) is 0 Å². The molecular weight excluding hydrogens is 206 g/mol. The second-order valence-corrected chi connectivity index (χ2v) is 6.74. The van der Waals surface area contributed by atoms with Crippen molar-refractivity contribution in [3.63, 3.8) is 0 Å². The van der Waals surface area contributed by atoms with Crippen LogP contribution in [0, 0.1) is 30.7 Å². The molecule has 98 valence electrons. The molecule has 0 aromatic rings. The summed E-state index contributed by atoms with van der Waals surface area (Å²) in [6.07, 6.45) is 7.98. The fraction of sp³-hybridized carbons (Fsp3) is 0.812. The van der Waals surface area contributed by atoms with Crippen LogP contribution in [-0.4, -0.2) is 5.54 Å². The molecule has 2 aliphatic carbocycles. The Morgan fingerprint density at radius 1 is 1.41 bits per heavy atom. The molecule has 0 amide bonds. The summed E-state index contributed by atoms with van der Waals surface area (Å²) < 4.78 is 0. The van der Waals surface area contributed by atoms with Crippen LogP contribution < -0.4 is 5.32 Å². The number of hydrogen-bond donors (Lipinski definition) is 1. The second kappa shape index (κ2) is 4.76. The predicted octanol–water partition coefficient (Wildman–Crippen LogP) is 3.14. The van der Waals surface area contributed by atoms with E-state index in [-0.39, 0.29) is 0 Å². The van der Waals surface area contributed by atoms with Gasteiger partial charge in [-0.3, -0.25) is 0 Å². The largest absolute Gasteiger partial charge is 0.473 e. The average Bonchev–Trinajstić information content (AvgIpc) is 2.29. The molecule has 1 heteroatoms. The first-order valence-corrected chi connectivity index (χ1v) is 7.32. The maximum absolute atomic E-state index is 4.20. The SMILES string of the molecule is [CH2-][NH2+][C@@]12CCC(C)=C[C@H]1C(C(C)C)CC[C@H]2C. The molecule has 2 N–H and O–H groups in total. The van der Waals surface area contributed by atoms with Gasteiger partial charge in [0.1, 0.15) is 0 Å². The van der Waals surface area contributed by atoms with E-state index in [0.717, 1.165) is 23.7 Å². The smallest absolute Gasteiger partial charge is 0.0818 e. The van der Waals surface area contributed by atoms with Gasteiger partial charge >= 0.3 is 0 Å². The first-order chi connectivity index (χ1) is 8.01. The van der Waals surface area contributed by atoms with Crippen LogP contribution >= 0.6 is 0 Å². The summed E-state index contributed by atoms with van der Waals surface area (Å²) in [4.78, 5) is 0. The van der Waals surface area contributed by atoms with Gasteiger partial charge in [-0.05, 0) is 38.0 Å². The lowest BCUT2D eigenvalue weighted by atomic mass is 9.56. The molecule has 1 saturated carbocycles. The van der Waals surface area contributed by atoms with Gasteiger partial charge < -0.3 is 5.32 Å². The van der Waals surface area contributed by atoms with Crippen LogP contribution in [-0.2, 0) is 0 Å². The van der Waals surface area contributed by atoms with Crippen molar-refractivity contribution in [2.75, 3.05) is 0 Å². The number of allylic oxidation sites excluding steroid dienone is 1. The highest BCUT2D eigenvalue weighted by molar-refractivity contribution is 5.16. The van der Waals surface area contributed by atoms with Crippen molar-refractivity contribution in [2.45, 2.75) is 58.9 Å². The molecule has 17 heavy (non-hydrogen) atoms. The van der Waals surface area contributed by atoms with Crippen molar-refractivity contribution in [1.82, 2.24) is 0 Å². The van der Waals surface area contributed by atoms with Crippen molar-refractivity contribution < 1.29 is 5.32 Å². The summed E-state index contributed by atoms with van der Waals surface area (Å²) in [6.45, 7) is 9.54.